The van der Waals surface area contributed by atoms with Crippen molar-refractivity contribution in [3.63, 3.8) is 0 Å². The van der Waals surface area contributed by atoms with E-state index in [1.807, 2.05) is 42.0 Å². The monoisotopic (exact) mass is 415 g/mol. The van der Waals surface area contributed by atoms with Gasteiger partial charge in [0.05, 0.1) is 6.61 Å². The van der Waals surface area contributed by atoms with Gasteiger partial charge in [-0.25, -0.2) is 9.78 Å². The highest BCUT2D eigenvalue weighted by atomic mass is 16.5. The first kappa shape index (κ1) is 20.9. The molecule has 1 aliphatic heterocycles. The zero-order valence-electron chi connectivity index (χ0n) is 18.0. The number of imidazole rings is 1. The minimum atomic E-state index is -0.358. The molecule has 0 amide bonds. The lowest BCUT2D eigenvalue weighted by atomic mass is 10.1. The van der Waals surface area contributed by atoms with Gasteiger partial charge in [-0.1, -0.05) is 42.5 Å². The largest absolute Gasteiger partial charge is 0.462 e. The zero-order valence-corrected chi connectivity index (χ0v) is 18.0. The normalized spacial score (nSPS) is 14.5. The number of benzene rings is 2. The van der Waals surface area contributed by atoms with Crippen molar-refractivity contribution < 1.29 is 9.53 Å². The number of hydrogen-bond donors (Lipinski definition) is 0. The molecule has 5 nitrogen and oxygen atoms in total. The molecule has 5 heteroatoms. The lowest BCUT2D eigenvalue weighted by Gasteiger charge is -2.28. The zero-order chi connectivity index (χ0) is 21.5. The SMILES string of the molecule is CCOC(=O)C(=Cc1ccc(N2CCCCC2)cc1)c1nccn1Cc1ccccc1. The van der Waals surface area contributed by atoms with E-state index in [1.54, 1.807) is 6.20 Å². The highest BCUT2D eigenvalue weighted by molar-refractivity contribution is 6.20. The van der Waals surface area contributed by atoms with Gasteiger partial charge in [0, 0.05) is 37.7 Å². The van der Waals surface area contributed by atoms with Gasteiger partial charge in [-0.2, -0.15) is 0 Å². The Labute approximate surface area is 184 Å². The van der Waals surface area contributed by atoms with Crippen molar-refractivity contribution in [2.75, 3.05) is 24.6 Å². The molecular weight excluding hydrogens is 386 g/mol. The van der Waals surface area contributed by atoms with Crippen LogP contribution in [0.3, 0.4) is 0 Å². The summed E-state index contributed by atoms with van der Waals surface area (Å²) in [6.45, 7) is 5.00. The van der Waals surface area contributed by atoms with Gasteiger partial charge >= 0.3 is 5.97 Å². The highest BCUT2D eigenvalue weighted by Gasteiger charge is 2.19. The van der Waals surface area contributed by atoms with Crippen LogP contribution >= 0.6 is 0 Å². The summed E-state index contributed by atoms with van der Waals surface area (Å²) in [5, 5.41) is 0. The maximum Gasteiger partial charge on any atom is 0.341 e. The number of nitrogens with zero attached hydrogens (tertiary/aromatic N) is 3. The molecule has 0 atom stereocenters. The highest BCUT2D eigenvalue weighted by Crippen LogP contribution is 2.24. The Hall–Kier alpha value is -3.34. The van der Waals surface area contributed by atoms with E-state index in [0.29, 0.717) is 24.5 Å². The predicted molar refractivity (Wildman–Crippen MR) is 125 cm³/mol. The van der Waals surface area contributed by atoms with Crippen LogP contribution in [0.1, 0.15) is 43.1 Å². The maximum atomic E-state index is 12.8. The molecule has 0 spiro atoms. The van der Waals surface area contributed by atoms with Crippen LogP contribution in [0.25, 0.3) is 11.6 Å². The van der Waals surface area contributed by atoms with Gasteiger partial charge in [0.2, 0.25) is 0 Å². The molecule has 3 aromatic rings. The van der Waals surface area contributed by atoms with E-state index in [-0.39, 0.29) is 5.97 Å². The van der Waals surface area contributed by atoms with Crippen molar-refractivity contribution >= 4 is 23.3 Å². The van der Waals surface area contributed by atoms with Crippen LogP contribution in [0, 0.1) is 0 Å². The minimum absolute atomic E-state index is 0.323. The minimum Gasteiger partial charge on any atom is -0.462 e. The molecule has 1 saturated heterocycles. The molecule has 1 aromatic heterocycles. The average molecular weight is 416 g/mol. The standard InChI is InChI=1S/C26H29N3O2/c1-2-31-26(30)24(25-27-15-18-29(25)20-22-9-5-3-6-10-22)19-21-11-13-23(14-12-21)28-16-7-4-8-17-28/h3,5-6,9-15,18-19H,2,4,7-8,16-17,20H2,1H3. The van der Waals surface area contributed by atoms with E-state index in [0.717, 1.165) is 24.2 Å². The van der Waals surface area contributed by atoms with E-state index in [9.17, 15) is 4.79 Å². The molecule has 0 N–H and O–H groups in total. The predicted octanol–water partition coefficient (Wildman–Crippen LogP) is 5.03. The maximum absolute atomic E-state index is 12.8. The summed E-state index contributed by atoms with van der Waals surface area (Å²) in [6.07, 6.45) is 9.31. The number of carbonyl (C=O) groups excluding carboxylic acids is 1. The third kappa shape index (κ3) is 5.23. The first-order chi connectivity index (χ1) is 15.2. The molecule has 2 aromatic carbocycles. The van der Waals surface area contributed by atoms with Crippen molar-refractivity contribution in [2.45, 2.75) is 32.7 Å². The quantitative estimate of drug-likeness (QED) is 0.401. The fourth-order valence-electron chi connectivity index (χ4n) is 3.98. The third-order valence-corrected chi connectivity index (χ3v) is 5.57. The smallest absolute Gasteiger partial charge is 0.341 e. The summed E-state index contributed by atoms with van der Waals surface area (Å²) in [6, 6.07) is 18.5. The molecule has 160 valence electrons. The molecule has 1 fully saturated rings. The summed E-state index contributed by atoms with van der Waals surface area (Å²) in [5.74, 6) is 0.255. The number of esters is 1. The second kappa shape index (κ2) is 10.1. The van der Waals surface area contributed by atoms with E-state index >= 15 is 0 Å². The molecule has 0 aliphatic carbocycles. The molecule has 0 radical (unpaired) electrons. The van der Waals surface area contributed by atoms with Crippen molar-refractivity contribution in [1.29, 1.82) is 0 Å². The fraction of sp³-hybridized carbons (Fsp3) is 0.308. The van der Waals surface area contributed by atoms with Crippen LogP contribution in [0.15, 0.2) is 67.0 Å². The average Bonchev–Trinajstić information content (AvgIpc) is 3.27. The van der Waals surface area contributed by atoms with Crippen molar-refractivity contribution in [3.8, 4) is 0 Å². The molecule has 0 unspecified atom stereocenters. The summed E-state index contributed by atoms with van der Waals surface area (Å²) >= 11 is 0. The number of aromatic nitrogens is 2. The number of rotatable bonds is 7. The first-order valence-corrected chi connectivity index (χ1v) is 11.0. The Morgan fingerprint density at radius 2 is 1.77 bits per heavy atom. The van der Waals surface area contributed by atoms with Crippen LogP contribution in [0.5, 0.6) is 0 Å². The van der Waals surface area contributed by atoms with Crippen molar-refractivity contribution in [1.82, 2.24) is 9.55 Å². The molecule has 1 aliphatic rings. The number of anilines is 1. The van der Waals surface area contributed by atoms with Crippen LogP contribution in [0.2, 0.25) is 0 Å². The van der Waals surface area contributed by atoms with Gasteiger partial charge in [0.1, 0.15) is 11.4 Å². The van der Waals surface area contributed by atoms with Gasteiger partial charge < -0.3 is 14.2 Å². The van der Waals surface area contributed by atoms with Gasteiger partial charge in [-0.3, -0.25) is 0 Å². The van der Waals surface area contributed by atoms with Crippen molar-refractivity contribution in [2.24, 2.45) is 0 Å². The van der Waals surface area contributed by atoms with Gasteiger partial charge in [0.25, 0.3) is 0 Å². The first-order valence-electron chi connectivity index (χ1n) is 11.0. The van der Waals surface area contributed by atoms with Crippen LogP contribution in [-0.2, 0) is 16.1 Å². The molecule has 31 heavy (non-hydrogen) atoms. The molecule has 0 bridgehead atoms. The molecule has 4 rings (SSSR count). The second-order valence-corrected chi connectivity index (χ2v) is 7.78. The van der Waals surface area contributed by atoms with Gasteiger partial charge in [0.15, 0.2) is 0 Å². The Bertz CT molecular complexity index is 1020. The molecular formula is C26H29N3O2. The number of hydrogen-bond acceptors (Lipinski definition) is 4. The second-order valence-electron chi connectivity index (χ2n) is 7.78. The van der Waals surface area contributed by atoms with E-state index < -0.39 is 0 Å². The van der Waals surface area contributed by atoms with Crippen molar-refractivity contribution in [3.05, 3.63) is 83.9 Å². The van der Waals surface area contributed by atoms with Crippen LogP contribution in [0.4, 0.5) is 5.69 Å². The third-order valence-electron chi connectivity index (χ3n) is 5.57. The Morgan fingerprint density at radius 3 is 2.48 bits per heavy atom. The van der Waals surface area contributed by atoms with Gasteiger partial charge in [-0.15, -0.1) is 0 Å². The molecule has 0 saturated carbocycles. The van der Waals surface area contributed by atoms with Crippen LogP contribution in [-0.4, -0.2) is 35.2 Å². The van der Waals surface area contributed by atoms with Crippen LogP contribution < -0.4 is 4.90 Å². The lowest BCUT2D eigenvalue weighted by Crippen LogP contribution is -2.29. The summed E-state index contributed by atoms with van der Waals surface area (Å²) in [4.78, 5) is 19.7. The summed E-state index contributed by atoms with van der Waals surface area (Å²) in [7, 11) is 0. The van der Waals surface area contributed by atoms with E-state index in [4.69, 9.17) is 4.74 Å². The number of ether oxygens (including phenoxy) is 1. The Kier molecular flexibility index (Phi) is 6.82. The summed E-state index contributed by atoms with van der Waals surface area (Å²) < 4.78 is 7.34. The topological polar surface area (TPSA) is 47.4 Å². The Morgan fingerprint density at radius 1 is 1.03 bits per heavy atom. The molecule has 2 heterocycles. The number of piperidine rings is 1. The van der Waals surface area contributed by atoms with E-state index in [1.165, 1.54) is 24.9 Å². The van der Waals surface area contributed by atoms with E-state index in [2.05, 4.69) is 46.3 Å². The fourth-order valence-corrected chi connectivity index (χ4v) is 3.98. The van der Waals surface area contributed by atoms with Gasteiger partial charge in [-0.05, 0) is 55.5 Å². The summed E-state index contributed by atoms with van der Waals surface area (Å²) in [5.41, 5.74) is 3.81. The lowest BCUT2D eigenvalue weighted by molar-refractivity contribution is -0.136. The number of carbonyl (C=O) groups is 1. The Balaban J connectivity index is 1.62.